The third-order valence-corrected chi connectivity index (χ3v) is 12.4. The number of aliphatic hydroxyl groups excluding tert-OH is 2. The van der Waals surface area contributed by atoms with E-state index in [9.17, 15) is 19.8 Å². The van der Waals surface area contributed by atoms with Crippen molar-refractivity contribution in [3.05, 3.63) is 122 Å². The first kappa shape index (κ1) is 66.3. The highest BCUT2D eigenvalue weighted by Crippen LogP contribution is 2.17. The van der Waals surface area contributed by atoms with Gasteiger partial charge in [-0.15, -0.1) is 0 Å². The first-order valence-corrected chi connectivity index (χ1v) is 28.8. The predicted octanol–water partition coefficient (Wildman–Crippen LogP) is 18.0. The second-order valence-electron chi connectivity index (χ2n) is 19.1. The van der Waals surface area contributed by atoms with Crippen LogP contribution >= 0.6 is 0 Å². The number of carbonyl (C=O) groups excluding carboxylic acids is 2. The summed E-state index contributed by atoms with van der Waals surface area (Å²) in [5.74, 6) is -0.566. The van der Waals surface area contributed by atoms with Crippen LogP contribution in [-0.4, -0.2) is 46.9 Å². The van der Waals surface area contributed by atoms with Gasteiger partial charge in [-0.25, -0.2) is 0 Å². The number of ether oxygens (including phenoxy) is 1. The normalized spacial score (nSPS) is 14.1. The van der Waals surface area contributed by atoms with Gasteiger partial charge in [-0.05, 0) is 83.5 Å². The number of rotatable bonds is 50. The molecule has 3 N–H and O–H groups in total. The molecular weight excluding hydrogens is 863 g/mol. The molecular formula is C64H107NO5. The molecule has 0 heterocycles. The minimum atomic E-state index is -0.817. The standard InChI is InChI=1S/C64H107NO5/c1-4-7-10-13-16-19-22-25-28-31-33-36-39-42-45-48-51-54-57-64(69)70-60(55-52-49-46-43-40-37-34-32-29-26-23-20-17-14-11-8-5-2)58-63(68)65-61(59-66)62(67)56-53-50-47-44-41-38-35-30-27-24-21-18-15-12-9-6-3/h8,10-11,13,16-17,19-20,22,25-26,28-29,31,33-34,36-37,43,46,60-62,66-67H,4-7,9,12,14-15,18,21,23-24,27,30,32,35,38-42,44-45,47-59H2,1-3H3,(H,65,68)/b11-8-,13-10+,19-16+,20-17-,25-22+,29-26-,31-28+,36-33+,37-34-,46-43-. The number of carbonyl (C=O) groups is 2. The van der Waals surface area contributed by atoms with Gasteiger partial charge in [0, 0.05) is 6.42 Å². The second-order valence-corrected chi connectivity index (χ2v) is 19.1. The SMILES string of the molecule is CC/C=C\C/C=C\C/C=C\C/C=C\C/C=C\CCCC(CC(=O)NC(CO)C(O)CCCCCCCCCCCCCCCCCC)OC(=O)CCCCCCC/C=C/C=C/C=C/C=C/C=C/CCC. The van der Waals surface area contributed by atoms with Crippen molar-refractivity contribution in [2.45, 2.75) is 264 Å². The number of nitrogens with one attached hydrogen (secondary N) is 1. The van der Waals surface area contributed by atoms with Crippen LogP contribution in [0.1, 0.15) is 245 Å². The average molecular weight is 971 g/mol. The zero-order valence-electron chi connectivity index (χ0n) is 45.4. The van der Waals surface area contributed by atoms with Gasteiger partial charge in [0.2, 0.25) is 5.91 Å². The molecule has 0 aromatic rings. The van der Waals surface area contributed by atoms with Crippen molar-refractivity contribution in [1.29, 1.82) is 0 Å². The number of allylic oxidation sites excluding steroid dienone is 20. The molecule has 1 amide bonds. The van der Waals surface area contributed by atoms with Gasteiger partial charge in [0.15, 0.2) is 0 Å². The summed E-state index contributed by atoms with van der Waals surface area (Å²) in [4.78, 5) is 26.3. The summed E-state index contributed by atoms with van der Waals surface area (Å²) in [5, 5.41) is 23.9. The van der Waals surface area contributed by atoms with Crippen LogP contribution in [0.2, 0.25) is 0 Å². The number of hydrogen-bond acceptors (Lipinski definition) is 5. The Morgan fingerprint density at radius 1 is 0.443 bits per heavy atom. The monoisotopic (exact) mass is 970 g/mol. The zero-order chi connectivity index (χ0) is 50.9. The maximum atomic E-state index is 13.3. The molecule has 0 aliphatic heterocycles. The lowest BCUT2D eigenvalue weighted by Gasteiger charge is -2.24. The molecule has 0 aliphatic rings. The molecule has 6 heteroatoms. The highest BCUT2D eigenvalue weighted by atomic mass is 16.5. The number of amides is 1. The molecule has 0 aromatic carbocycles. The van der Waals surface area contributed by atoms with Gasteiger partial charge in [-0.2, -0.15) is 0 Å². The van der Waals surface area contributed by atoms with Gasteiger partial charge in [0.05, 0.1) is 25.2 Å². The van der Waals surface area contributed by atoms with Gasteiger partial charge in [-0.3, -0.25) is 9.59 Å². The van der Waals surface area contributed by atoms with Crippen LogP contribution in [0.3, 0.4) is 0 Å². The first-order chi connectivity index (χ1) is 34.5. The lowest BCUT2D eigenvalue weighted by atomic mass is 10.0. The summed E-state index contributed by atoms with van der Waals surface area (Å²) in [6.45, 7) is 6.27. The lowest BCUT2D eigenvalue weighted by Crippen LogP contribution is -2.46. The van der Waals surface area contributed by atoms with E-state index in [1.54, 1.807) is 0 Å². The Bertz CT molecular complexity index is 1460. The molecule has 398 valence electrons. The Labute approximate surface area is 431 Å². The van der Waals surface area contributed by atoms with Crippen molar-refractivity contribution >= 4 is 11.9 Å². The fourth-order valence-electron chi connectivity index (χ4n) is 8.08. The lowest BCUT2D eigenvalue weighted by molar-refractivity contribution is -0.151. The summed E-state index contributed by atoms with van der Waals surface area (Å²) < 4.78 is 5.92. The van der Waals surface area contributed by atoms with Gasteiger partial charge in [0.1, 0.15) is 6.10 Å². The molecule has 6 nitrogen and oxygen atoms in total. The van der Waals surface area contributed by atoms with E-state index in [1.807, 2.05) is 24.3 Å². The number of aliphatic hydroxyl groups is 2. The molecule has 0 radical (unpaired) electrons. The Kier molecular flexibility index (Phi) is 53.2. The Balaban J connectivity index is 4.74. The van der Waals surface area contributed by atoms with Crippen molar-refractivity contribution in [3.63, 3.8) is 0 Å². The van der Waals surface area contributed by atoms with Crippen molar-refractivity contribution in [1.82, 2.24) is 5.32 Å². The molecule has 0 fully saturated rings. The van der Waals surface area contributed by atoms with Crippen LogP contribution in [-0.2, 0) is 14.3 Å². The Morgan fingerprint density at radius 2 is 0.871 bits per heavy atom. The van der Waals surface area contributed by atoms with E-state index in [2.05, 4.69) is 123 Å². The zero-order valence-corrected chi connectivity index (χ0v) is 45.4. The molecule has 0 bridgehead atoms. The maximum Gasteiger partial charge on any atom is 0.306 e. The molecule has 0 aromatic heterocycles. The Hall–Kier alpha value is -3.74. The predicted molar refractivity (Wildman–Crippen MR) is 305 cm³/mol. The molecule has 3 atom stereocenters. The number of esters is 1. The van der Waals surface area contributed by atoms with Crippen LogP contribution in [0.15, 0.2) is 122 Å². The van der Waals surface area contributed by atoms with Crippen molar-refractivity contribution < 1.29 is 24.5 Å². The second kappa shape index (κ2) is 56.2. The van der Waals surface area contributed by atoms with Crippen LogP contribution in [0.4, 0.5) is 0 Å². The average Bonchev–Trinajstić information content (AvgIpc) is 3.35. The van der Waals surface area contributed by atoms with Gasteiger partial charge in [0.25, 0.3) is 0 Å². The van der Waals surface area contributed by atoms with Gasteiger partial charge >= 0.3 is 5.97 Å². The van der Waals surface area contributed by atoms with E-state index in [0.717, 1.165) is 109 Å². The van der Waals surface area contributed by atoms with Crippen molar-refractivity contribution in [3.8, 4) is 0 Å². The summed E-state index contributed by atoms with van der Waals surface area (Å²) in [7, 11) is 0. The maximum absolute atomic E-state index is 13.3. The summed E-state index contributed by atoms with van der Waals surface area (Å²) in [6.07, 6.45) is 78.3. The van der Waals surface area contributed by atoms with Crippen LogP contribution in [0, 0.1) is 0 Å². The molecule has 0 spiro atoms. The molecule has 0 saturated carbocycles. The van der Waals surface area contributed by atoms with Crippen molar-refractivity contribution in [2.75, 3.05) is 6.61 Å². The highest BCUT2D eigenvalue weighted by Gasteiger charge is 2.24. The fourth-order valence-corrected chi connectivity index (χ4v) is 8.08. The van der Waals surface area contributed by atoms with E-state index in [4.69, 9.17) is 4.74 Å². The van der Waals surface area contributed by atoms with Crippen molar-refractivity contribution in [2.24, 2.45) is 0 Å². The molecule has 3 unspecified atom stereocenters. The third kappa shape index (κ3) is 50.6. The summed E-state index contributed by atoms with van der Waals surface area (Å²) >= 11 is 0. The van der Waals surface area contributed by atoms with E-state index in [-0.39, 0.29) is 24.9 Å². The van der Waals surface area contributed by atoms with E-state index in [0.29, 0.717) is 19.3 Å². The van der Waals surface area contributed by atoms with E-state index in [1.165, 1.54) is 89.9 Å². The van der Waals surface area contributed by atoms with Crippen LogP contribution in [0.5, 0.6) is 0 Å². The largest absolute Gasteiger partial charge is 0.462 e. The molecule has 0 aliphatic carbocycles. The summed E-state index contributed by atoms with van der Waals surface area (Å²) in [6, 6.07) is -0.735. The van der Waals surface area contributed by atoms with Gasteiger partial charge in [-0.1, -0.05) is 271 Å². The number of unbranched alkanes of at least 4 members (excludes halogenated alkanes) is 22. The minimum absolute atomic E-state index is 0.0203. The van der Waals surface area contributed by atoms with Crippen LogP contribution < -0.4 is 5.32 Å². The smallest absolute Gasteiger partial charge is 0.306 e. The Morgan fingerprint density at radius 3 is 1.37 bits per heavy atom. The van der Waals surface area contributed by atoms with Crippen LogP contribution in [0.25, 0.3) is 0 Å². The van der Waals surface area contributed by atoms with E-state index >= 15 is 0 Å². The fraction of sp³-hybridized carbons (Fsp3) is 0.656. The highest BCUT2D eigenvalue weighted by molar-refractivity contribution is 5.77. The topological polar surface area (TPSA) is 95.9 Å². The third-order valence-electron chi connectivity index (χ3n) is 12.4. The molecule has 70 heavy (non-hydrogen) atoms. The number of hydrogen-bond donors (Lipinski definition) is 3. The molecule has 0 saturated heterocycles. The quantitative estimate of drug-likeness (QED) is 0.0244. The molecule has 0 rings (SSSR count). The van der Waals surface area contributed by atoms with E-state index < -0.39 is 18.2 Å². The van der Waals surface area contributed by atoms with Gasteiger partial charge < -0.3 is 20.3 Å². The first-order valence-electron chi connectivity index (χ1n) is 28.8. The minimum Gasteiger partial charge on any atom is -0.462 e. The summed E-state index contributed by atoms with van der Waals surface area (Å²) in [5.41, 5.74) is 0.